The van der Waals surface area contributed by atoms with Gasteiger partial charge in [0.25, 0.3) is 0 Å². The number of ether oxygens (including phenoxy) is 1. The fourth-order valence-electron chi connectivity index (χ4n) is 1.56. The Morgan fingerprint density at radius 1 is 1.48 bits per heavy atom. The van der Waals surface area contributed by atoms with Crippen molar-refractivity contribution in [3.05, 3.63) is 0 Å². The minimum atomic E-state index is -4.65. The van der Waals surface area contributed by atoms with Crippen LogP contribution >= 0.6 is 26.3 Å². The Balaban J connectivity index is 2.84. The molecule has 3 N–H and O–H groups in total. The van der Waals surface area contributed by atoms with Gasteiger partial charge in [0.15, 0.2) is 0 Å². The molecule has 0 amide bonds. The summed E-state index contributed by atoms with van der Waals surface area (Å²) in [4.78, 5) is 27.4. The van der Waals surface area contributed by atoms with Gasteiger partial charge in [0.1, 0.15) is 6.10 Å². The van der Waals surface area contributed by atoms with Crippen molar-refractivity contribution in [1.82, 2.24) is 0 Å². The molecule has 8 nitrogen and oxygen atoms in total. The third-order valence-electron chi connectivity index (χ3n) is 2.48. The molecule has 12 heteroatoms. The van der Waals surface area contributed by atoms with E-state index in [1.807, 2.05) is 6.92 Å². The summed E-state index contributed by atoms with van der Waals surface area (Å²) in [6.45, 7) is -1.59. The fourth-order valence-corrected chi connectivity index (χ4v) is 4.16. The van der Waals surface area contributed by atoms with Crippen molar-refractivity contribution in [3.8, 4) is 0 Å². The van der Waals surface area contributed by atoms with E-state index in [4.69, 9.17) is 36.7 Å². The molecule has 0 aliphatic carbocycles. The molecule has 0 radical (unpaired) electrons. The number of phosphoric acid groups is 1. The predicted molar refractivity (Wildman–Crippen MR) is 82.7 cm³/mol. The molecule has 1 aliphatic heterocycles. The summed E-state index contributed by atoms with van der Waals surface area (Å²) in [5.41, 5.74) is -0.756. The lowest BCUT2D eigenvalue weighted by Gasteiger charge is -2.27. The number of hydrogen-bond donors (Lipinski definition) is 3. The molecule has 1 aliphatic rings. The first-order chi connectivity index (χ1) is 10.1. The SMILES string of the molecule is [3H][C@@H]1S[C@H](COP(=O)(O)O)[C@@H](OP(O)(=S)OC)[C@H]1OCCC. The van der Waals surface area contributed by atoms with Crippen molar-refractivity contribution in [1.29, 1.82) is 0 Å². The maximum atomic E-state index is 10.8. The summed E-state index contributed by atoms with van der Waals surface area (Å²) in [5.74, 6) is 0. The molecule has 1 heterocycles. The molecular formula is C9H20O8P2S2. The molecule has 1 rings (SSSR count). The quantitative estimate of drug-likeness (QED) is 0.502. The molecule has 126 valence electrons. The lowest BCUT2D eigenvalue weighted by atomic mass is 10.2. The van der Waals surface area contributed by atoms with Crippen LogP contribution in [0.15, 0.2) is 0 Å². The molecule has 0 saturated carbocycles. The van der Waals surface area contributed by atoms with E-state index in [0.29, 0.717) is 6.61 Å². The summed E-state index contributed by atoms with van der Waals surface area (Å²) < 4.78 is 38.9. The van der Waals surface area contributed by atoms with Crippen LogP contribution in [0, 0.1) is 0 Å². The number of hydrogen-bond acceptors (Lipinski definition) is 7. The average molecular weight is 384 g/mol. The molecule has 0 aromatic carbocycles. The average Bonchev–Trinajstić information content (AvgIpc) is 2.69. The lowest BCUT2D eigenvalue weighted by molar-refractivity contribution is -0.0160. The van der Waals surface area contributed by atoms with E-state index in [1.165, 1.54) is 7.11 Å². The van der Waals surface area contributed by atoms with Crippen LogP contribution in [0.25, 0.3) is 0 Å². The highest BCUT2D eigenvalue weighted by Crippen LogP contribution is 2.49. The van der Waals surface area contributed by atoms with Gasteiger partial charge >= 0.3 is 14.5 Å². The van der Waals surface area contributed by atoms with Gasteiger partial charge in [0, 0.05) is 20.8 Å². The zero-order valence-electron chi connectivity index (χ0n) is 12.5. The smallest absolute Gasteiger partial charge is 0.375 e. The monoisotopic (exact) mass is 384 g/mol. The van der Waals surface area contributed by atoms with Gasteiger partial charge < -0.3 is 28.5 Å². The summed E-state index contributed by atoms with van der Waals surface area (Å²) in [5, 5.41) is -0.624. The summed E-state index contributed by atoms with van der Waals surface area (Å²) in [6, 6.07) is 0. The molecule has 1 unspecified atom stereocenters. The standard InChI is InChI=1S/C9H20O8P2S2/c1-3-4-15-7-6-21-8(5-16-18(10,11)12)9(7)17-19(13,20)14-2/h7-9H,3-6H2,1-2H3,(H,13,20)(H2,10,11,12)/t7-,8+,9-,19?/m0/s1/i6T/t6-,7-,8+,9-,19?. The second kappa shape index (κ2) is 8.70. The molecule has 21 heavy (non-hydrogen) atoms. The van der Waals surface area contributed by atoms with E-state index >= 15 is 0 Å². The van der Waals surface area contributed by atoms with E-state index in [0.717, 1.165) is 18.2 Å². The predicted octanol–water partition coefficient (Wildman–Crippen LogP) is 1.25. The topological polar surface area (TPSA) is 115 Å². The number of thioether (sulfide) groups is 1. The third-order valence-corrected chi connectivity index (χ3v) is 5.83. The van der Waals surface area contributed by atoms with Crippen molar-refractivity contribution < 1.29 is 38.9 Å². The molecule has 0 bridgehead atoms. The van der Waals surface area contributed by atoms with E-state index in [9.17, 15) is 9.46 Å². The van der Waals surface area contributed by atoms with Gasteiger partial charge in [-0.15, -0.1) is 0 Å². The van der Waals surface area contributed by atoms with Crippen LogP contribution in [0.5, 0.6) is 0 Å². The van der Waals surface area contributed by atoms with Crippen LogP contribution in [0.4, 0.5) is 0 Å². The molecule has 0 aromatic heterocycles. The van der Waals surface area contributed by atoms with Gasteiger partial charge in [-0.05, 0) is 18.2 Å². The summed E-state index contributed by atoms with van der Waals surface area (Å²) in [7, 11) is -3.45. The fraction of sp³-hybridized carbons (Fsp3) is 1.00. The van der Waals surface area contributed by atoms with E-state index in [1.54, 1.807) is 0 Å². The van der Waals surface area contributed by atoms with E-state index in [-0.39, 0.29) is 6.61 Å². The first-order valence-corrected chi connectivity index (χ1v) is 11.1. The van der Waals surface area contributed by atoms with Gasteiger partial charge in [-0.2, -0.15) is 11.8 Å². The van der Waals surface area contributed by atoms with Crippen LogP contribution < -0.4 is 0 Å². The number of rotatable bonds is 9. The van der Waals surface area contributed by atoms with Gasteiger partial charge in [0.05, 0.1) is 18.0 Å². The van der Waals surface area contributed by atoms with Crippen molar-refractivity contribution in [2.75, 3.05) is 26.1 Å². The minimum absolute atomic E-state index is 0.361. The molecule has 0 aromatic rings. The van der Waals surface area contributed by atoms with Crippen LogP contribution in [-0.2, 0) is 34.7 Å². The number of phosphoric ester groups is 1. The van der Waals surface area contributed by atoms with Crippen molar-refractivity contribution in [2.24, 2.45) is 0 Å². The van der Waals surface area contributed by atoms with Gasteiger partial charge in [-0.1, -0.05) is 6.92 Å². The van der Waals surface area contributed by atoms with Crippen molar-refractivity contribution >= 4 is 38.1 Å². The van der Waals surface area contributed by atoms with Crippen molar-refractivity contribution in [2.45, 2.75) is 30.8 Å². The Morgan fingerprint density at radius 2 is 2.14 bits per heavy atom. The van der Waals surface area contributed by atoms with Crippen LogP contribution in [0.2, 0.25) is 0 Å². The first-order valence-electron chi connectivity index (χ1n) is 6.63. The second-order valence-electron chi connectivity index (χ2n) is 4.15. The molecular weight excluding hydrogens is 362 g/mol. The van der Waals surface area contributed by atoms with Gasteiger partial charge in [-0.25, -0.2) is 4.57 Å². The van der Waals surface area contributed by atoms with Crippen LogP contribution in [-0.4, -0.2) is 58.2 Å². The second-order valence-corrected chi connectivity index (χ2v) is 9.44. The highest BCUT2D eigenvalue weighted by molar-refractivity contribution is 8.07. The maximum Gasteiger partial charge on any atom is 0.469 e. The van der Waals surface area contributed by atoms with Crippen LogP contribution in [0.3, 0.4) is 0 Å². The Kier molecular flexibility index (Phi) is 7.58. The lowest BCUT2D eigenvalue weighted by Crippen LogP contribution is -2.36. The highest BCUT2D eigenvalue weighted by atomic mass is 32.5. The highest BCUT2D eigenvalue weighted by Gasteiger charge is 2.42. The molecule has 0 spiro atoms. The van der Waals surface area contributed by atoms with Crippen LogP contribution in [0.1, 0.15) is 14.7 Å². The minimum Gasteiger partial charge on any atom is -0.375 e. The Labute approximate surface area is 134 Å². The zero-order valence-corrected chi connectivity index (χ0v) is 14.9. The summed E-state index contributed by atoms with van der Waals surface area (Å²) in [6.07, 6.45) is -0.844. The Hall–Kier alpha value is 0.950. The first kappa shape index (κ1) is 18.3. The summed E-state index contributed by atoms with van der Waals surface area (Å²) >= 11 is 5.87. The Morgan fingerprint density at radius 3 is 2.67 bits per heavy atom. The maximum absolute atomic E-state index is 10.8. The normalized spacial score (nSPS) is 33.7. The van der Waals surface area contributed by atoms with E-state index in [2.05, 4.69) is 4.52 Å². The largest absolute Gasteiger partial charge is 0.469 e. The molecule has 1 fully saturated rings. The molecule has 1 saturated heterocycles. The zero-order chi connectivity index (χ0) is 17.0. The van der Waals surface area contributed by atoms with E-state index < -0.39 is 37.7 Å². The van der Waals surface area contributed by atoms with Crippen molar-refractivity contribution in [3.63, 3.8) is 0 Å². The third kappa shape index (κ3) is 7.37. The van der Waals surface area contributed by atoms with Gasteiger partial charge in [0.2, 0.25) is 0 Å². The Bertz CT molecular complexity index is 449. The molecule has 5 atom stereocenters. The van der Waals surface area contributed by atoms with Gasteiger partial charge in [-0.3, -0.25) is 4.52 Å².